The highest BCUT2D eigenvalue weighted by Crippen LogP contribution is 2.26. The second-order valence-electron chi connectivity index (χ2n) is 3.26. The van der Waals surface area contributed by atoms with Crippen molar-refractivity contribution in [2.24, 2.45) is 0 Å². The number of halogens is 2. The number of carbonyl (C=O) groups excluding carboxylic acids is 1. The number of aryl methyl sites for hydroxylation is 1. The number of hydrogen-bond acceptors (Lipinski definition) is 4. The smallest absolute Gasteiger partial charge is 0.348 e. The fourth-order valence-corrected chi connectivity index (χ4v) is 1.49. The largest absolute Gasteiger partial charge is 0.423 e. The standard InChI is InChI=1S/C11H7Cl2NO3/c1-6-8(5-14-17-6)11(15)16-7-2-3-9(12)10(13)4-7/h2-5H,1H3. The molecule has 2 rings (SSSR count). The second-order valence-corrected chi connectivity index (χ2v) is 4.08. The maximum absolute atomic E-state index is 11.7. The number of ether oxygens (including phenoxy) is 1. The molecule has 0 aliphatic heterocycles. The van der Waals surface area contributed by atoms with Gasteiger partial charge in [0.05, 0.1) is 16.2 Å². The molecular formula is C11H7Cl2NO3. The van der Waals surface area contributed by atoms with Crippen molar-refractivity contribution in [1.82, 2.24) is 5.16 Å². The summed E-state index contributed by atoms with van der Waals surface area (Å²) in [4.78, 5) is 11.7. The first-order valence-electron chi connectivity index (χ1n) is 4.66. The van der Waals surface area contributed by atoms with E-state index < -0.39 is 5.97 Å². The first kappa shape index (κ1) is 12.0. The normalized spacial score (nSPS) is 10.3. The first-order valence-corrected chi connectivity index (χ1v) is 5.42. The average Bonchev–Trinajstić information content (AvgIpc) is 2.70. The first-order chi connectivity index (χ1) is 8.08. The summed E-state index contributed by atoms with van der Waals surface area (Å²) in [5.74, 6) is 0.155. The van der Waals surface area contributed by atoms with Gasteiger partial charge in [-0.25, -0.2) is 4.79 Å². The Labute approximate surface area is 107 Å². The van der Waals surface area contributed by atoms with Gasteiger partial charge in [-0.3, -0.25) is 0 Å². The van der Waals surface area contributed by atoms with Crippen molar-refractivity contribution in [3.8, 4) is 5.75 Å². The molecule has 0 radical (unpaired) electrons. The minimum atomic E-state index is -0.554. The van der Waals surface area contributed by atoms with E-state index in [0.717, 1.165) is 0 Å². The Kier molecular flexibility index (Phi) is 3.36. The molecule has 0 atom stereocenters. The van der Waals surface area contributed by atoms with Crippen LogP contribution >= 0.6 is 23.2 Å². The van der Waals surface area contributed by atoms with E-state index in [4.69, 9.17) is 32.5 Å². The van der Waals surface area contributed by atoms with Crippen molar-refractivity contribution in [3.05, 3.63) is 45.8 Å². The van der Waals surface area contributed by atoms with Crippen LogP contribution in [0.1, 0.15) is 16.1 Å². The summed E-state index contributed by atoms with van der Waals surface area (Å²) in [5, 5.41) is 4.21. The highest BCUT2D eigenvalue weighted by molar-refractivity contribution is 6.42. The van der Waals surface area contributed by atoms with Gasteiger partial charge in [-0.05, 0) is 19.1 Å². The minimum Gasteiger partial charge on any atom is -0.423 e. The number of rotatable bonds is 2. The van der Waals surface area contributed by atoms with Crippen molar-refractivity contribution < 1.29 is 14.1 Å². The van der Waals surface area contributed by atoms with Crippen LogP contribution in [0.3, 0.4) is 0 Å². The van der Waals surface area contributed by atoms with Crippen LogP contribution in [0.25, 0.3) is 0 Å². The van der Waals surface area contributed by atoms with Crippen LogP contribution in [0, 0.1) is 6.92 Å². The lowest BCUT2D eigenvalue weighted by atomic mass is 10.3. The zero-order valence-corrected chi connectivity index (χ0v) is 10.2. The molecule has 0 spiro atoms. The molecule has 1 aromatic heterocycles. The summed E-state index contributed by atoms with van der Waals surface area (Å²) in [6.07, 6.45) is 1.30. The maximum Gasteiger partial charge on any atom is 0.348 e. The van der Waals surface area contributed by atoms with E-state index in [9.17, 15) is 4.79 Å². The molecule has 0 unspecified atom stereocenters. The highest BCUT2D eigenvalue weighted by Gasteiger charge is 2.15. The van der Waals surface area contributed by atoms with Crippen molar-refractivity contribution in [2.75, 3.05) is 0 Å². The van der Waals surface area contributed by atoms with Gasteiger partial charge in [0, 0.05) is 6.07 Å². The van der Waals surface area contributed by atoms with Gasteiger partial charge in [-0.1, -0.05) is 28.4 Å². The van der Waals surface area contributed by atoms with Crippen molar-refractivity contribution in [2.45, 2.75) is 6.92 Å². The Morgan fingerprint density at radius 2 is 2.12 bits per heavy atom. The van der Waals surface area contributed by atoms with Gasteiger partial charge in [0.25, 0.3) is 0 Å². The number of benzene rings is 1. The van der Waals surface area contributed by atoms with Gasteiger partial charge in [-0.2, -0.15) is 0 Å². The Bertz CT molecular complexity index is 566. The lowest BCUT2D eigenvalue weighted by molar-refractivity contribution is 0.0733. The van der Waals surface area contributed by atoms with Gasteiger partial charge >= 0.3 is 5.97 Å². The van der Waals surface area contributed by atoms with Crippen LogP contribution in [0.5, 0.6) is 5.75 Å². The summed E-state index contributed by atoms with van der Waals surface area (Å²) in [5.41, 5.74) is 0.274. The third kappa shape index (κ3) is 2.60. The molecule has 17 heavy (non-hydrogen) atoms. The van der Waals surface area contributed by atoms with Gasteiger partial charge in [-0.15, -0.1) is 0 Å². The molecule has 0 amide bonds. The Morgan fingerprint density at radius 3 is 2.71 bits per heavy atom. The van der Waals surface area contributed by atoms with E-state index in [1.54, 1.807) is 19.1 Å². The monoisotopic (exact) mass is 271 g/mol. The molecule has 1 heterocycles. The molecule has 6 heteroatoms. The molecule has 0 fully saturated rings. The molecule has 0 saturated heterocycles. The molecule has 2 aromatic rings. The topological polar surface area (TPSA) is 52.3 Å². The molecule has 0 aliphatic carbocycles. The quantitative estimate of drug-likeness (QED) is 0.620. The molecule has 0 N–H and O–H groups in total. The zero-order chi connectivity index (χ0) is 12.4. The van der Waals surface area contributed by atoms with E-state index in [-0.39, 0.29) is 5.56 Å². The van der Waals surface area contributed by atoms with E-state index in [2.05, 4.69) is 5.16 Å². The number of carbonyl (C=O) groups is 1. The number of esters is 1. The molecule has 0 aliphatic rings. The molecule has 1 aromatic carbocycles. The van der Waals surface area contributed by atoms with Gasteiger partial charge in [0.2, 0.25) is 0 Å². The third-order valence-corrected chi connectivity index (χ3v) is 2.81. The number of nitrogens with zero attached hydrogens (tertiary/aromatic N) is 1. The van der Waals surface area contributed by atoms with Crippen molar-refractivity contribution in [1.29, 1.82) is 0 Å². The van der Waals surface area contributed by atoms with E-state index in [0.29, 0.717) is 21.6 Å². The Hall–Kier alpha value is -1.52. The number of aromatic nitrogens is 1. The Morgan fingerprint density at radius 1 is 1.35 bits per heavy atom. The van der Waals surface area contributed by atoms with Crippen LogP contribution in [-0.4, -0.2) is 11.1 Å². The molecule has 0 bridgehead atoms. The van der Waals surface area contributed by atoms with Crippen LogP contribution in [0.4, 0.5) is 0 Å². The summed E-state index contributed by atoms with van der Waals surface area (Å²) < 4.78 is 9.86. The number of hydrogen-bond donors (Lipinski definition) is 0. The van der Waals surface area contributed by atoms with Crippen molar-refractivity contribution in [3.63, 3.8) is 0 Å². The van der Waals surface area contributed by atoms with Crippen LogP contribution in [-0.2, 0) is 0 Å². The van der Waals surface area contributed by atoms with Crippen LogP contribution in [0.15, 0.2) is 28.9 Å². The predicted octanol–water partition coefficient (Wildman–Crippen LogP) is 3.51. The average molecular weight is 272 g/mol. The zero-order valence-electron chi connectivity index (χ0n) is 8.74. The van der Waals surface area contributed by atoms with Gasteiger partial charge in [0.1, 0.15) is 17.1 Å². The predicted molar refractivity (Wildman–Crippen MR) is 62.7 cm³/mol. The molecule has 88 valence electrons. The van der Waals surface area contributed by atoms with Gasteiger partial charge < -0.3 is 9.26 Å². The van der Waals surface area contributed by atoms with E-state index in [1.165, 1.54) is 12.3 Å². The second kappa shape index (κ2) is 4.77. The highest BCUT2D eigenvalue weighted by atomic mass is 35.5. The van der Waals surface area contributed by atoms with Gasteiger partial charge in [0.15, 0.2) is 0 Å². The van der Waals surface area contributed by atoms with E-state index >= 15 is 0 Å². The SMILES string of the molecule is Cc1oncc1C(=O)Oc1ccc(Cl)c(Cl)c1. The summed E-state index contributed by atoms with van der Waals surface area (Å²) >= 11 is 11.5. The summed E-state index contributed by atoms with van der Waals surface area (Å²) in [7, 11) is 0. The molecular weight excluding hydrogens is 265 g/mol. The maximum atomic E-state index is 11.7. The van der Waals surface area contributed by atoms with Crippen molar-refractivity contribution >= 4 is 29.2 Å². The van der Waals surface area contributed by atoms with Crippen LogP contribution in [0.2, 0.25) is 10.0 Å². The third-order valence-electron chi connectivity index (χ3n) is 2.07. The minimum absolute atomic E-state index is 0.274. The lowest BCUT2D eigenvalue weighted by Crippen LogP contribution is -2.08. The van der Waals surface area contributed by atoms with Crippen LogP contribution < -0.4 is 4.74 Å². The molecule has 4 nitrogen and oxygen atoms in total. The fourth-order valence-electron chi connectivity index (χ4n) is 1.20. The summed E-state index contributed by atoms with van der Waals surface area (Å²) in [6, 6.07) is 4.56. The van der Waals surface area contributed by atoms with E-state index in [1.807, 2.05) is 0 Å². The molecule has 0 saturated carbocycles. The fraction of sp³-hybridized carbons (Fsp3) is 0.0909. The summed E-state index contributed by atoms with van der Waals surface area (Å²) in [6.45, 7) is 1.62. The lowest BCUT2D eigenvalue weighted by Gasteiger charge is -2.03. The Balaban J connectivity index is 2.19.